The number of fused-ring (bicyclic) bond motifs is 2. The van der Waals surface area contributed by atoms with E-state index in [0.29, 0.717) is 36.8 Å². The number of carbonyl (C=O) groups excluding carboxylic acids is 1. The van der Waals surface area contributed by atoms with Crippen LogP contribution in [0.1, 0.15) is 34.5 Å². The van der Waals surface area contributed by atoms with Crippen molar-refractivity contribution in [2.45, 2.75) is 25.9 Å². The van der Waals surface area contributed by atoms with Crippen LogP contribution in [0.25, 0.3) is 0 Å². The van der Waals surface area contributed by atoms with E-state index in [4.69, 9.17) is 14.2 Å². The molecule has 1 atom stereocenters. The number of ether oxygens (including phenoxy) is 3. The third kappa shape index (κ3) is 2.84. The van der Waals surface area contributed by atoms with E-state index < -0.39 is 0 Å². The first-order valence-corrected chi connectivity index (χ1v) is 8.43. The smallest absolute Gasteiger partial charge is 0.254 e. The van der Waals surface area contributed by atoms with Gasteiger partial charge in [-0.25, -0.2) is 0 Å². The van der Waals surface area contributed by atoms with E-state index in [9.17, 15) is 4.79 Å². The van der Waals surface area contributed by atoms with Gasteiger partial charge < -0.3 is 19.1 Å². The molecule has 0 fully saturated rings. The zero-order chi connectivity index (χ0) is 17.4. The summed E-state index contributed by atoms with van der Waals surface area (Å²) in [7, 11) is 1.68. The molecule has 2 aromatic rings. The lowest BCUT2D eigenvalue weighted by molar-refractivity contribution is 0.0678. The van der Waals surface area contributed by atoms with Gasteiger partial charge in [0.15, 0.2) is 11.5 Å². The molecule has 0 radical (unpaired) electrons. The highest BCUT2D eigenvalue weighted by Gasteiger charge is 2.32. The molecule has 7 heteroatoms. The van der Waals surface area contributed by atoms with Crippen LogP contribution in [0.3, 0.4) is 0 Å². The quantitative estimate of drug-likeness (QED) is 0.850. The lowest BCUT2D eigenvalue weighted by atomic mass is 9.96. The van der Waals surface area contributed by atoms with E-state index in [-0.39, 0.29) is 18.6 Å². The molecule has 1 aromatic heterocycles. The number of benzene rings is 1. The van der Waals surface area contributed by atoms with Crippen molar-refractivity contribution >= 4 is 5.91 Å². The Morgan fingerprint density at radius 2 is 2.20 bits per heavy atom. The summed E-state index contributed by atoms with van der Waals surface area (Å²) in [5, 5.41) is 4.65. The zero-order valence-corrected chi connectivity index (χ0v) is 14.4. The van der Waals surface area contributed by atoms with Gasteiger partial charge in [-0.05, 0) is 25.1 Å². The first-order chi connectivity index (χ1) is 12.2. The Balaban J connectivity index is 1.61. The molecule has 3 heterocycles. The monoisotopic (exact) mass is 343 g/mol. The number of amides is 1. The first kappa shape index (κ1) is 16.0. The summed E-state index contributed by atoms with van der Waals surface area (Å²) in [4.78, 5) is 14.8. The van der Waals surface area contributed by atoms with E-state index in [1.54, 1.807) is 25.3 Å². The minimum absolute atomic E-state index is 0.0192. The molecular formula is C18H21N3O4. The molecular weight excluding hydrogens is 322 g/mol. The van der Waals surface area contributed by atoms with Gasteiger partial charge in [0.2, 0.25) is 6.79 Å². The fourth-order valence-electron chi connectivity index (χ4n) is 3.43. The predicted molar refractivity (Wildman–Crippen MR) is 89.8 cm³/mol. The molecule has 2 aliphatic heterocycles. The molecule has 0 saturated heterocycles. The molecule has 7 nitrogen and oxygen atoms in total. The second-order valence-electron chi connectivity index (χ2n) is 6.30. The summed E-state index contributed by atoms with van der Waals surface area (Å²) in [6.07, 6.45) is 2.02. The minimum atomic E-state index is -0.0192. The van der Waals surface area contributed by atoms with Gasteiger partial charge in [-0.2, -0.15) is 5.10 Å². The van der Waals surface area contributed by atoms with Crippen molar-refractivity contribution in [3.8, 4) is 11.5 Å². The standard InChI is InChI=1S/C18H21N3O4/c1-3-21-9-13-7-20(8-14(10-23-2)17(13)19-21)18(22)12-4-5-15-16(6-12)25-11-24-15/h4-6,9,14H,3,7-8,10-11H2,1-2H3/t14-/m1/s1. The SMILES string of the molecule is CCn1cc2c(n1)[C@@H](COC)CN(C(=O)c1ccc3c(c1)OCO3)C2. The number of hydrogen-bond acceptors (Lipinski definition) is 5. The maximum absolute atomic E-state index is 13.0. The molecule has 132 valence electrons. The highest BCUT2D eigenvalue weighted by atomic mass is 16.7. The van der Waals surface area contributed by atoms with E-state index in [0.717, 1.165) is 17.8 Å². The van der Waals surface area contributed by atoms with Crippen LogP contribution < -0.4 is 9.47 Å². The van der Waals surface area contributed by atoms with Gasteiger partial charge >= 0.3 is 0 Å². The first-order valence-electron chi connectivity index (χ1n) is 8.43. The molecule has 0 bridgehead atoms. The van der Waals surface area contributed by atoms with Crippen LogP contribution in [0.2, 0.25) is 0 Å². The van der Waals surface area contributed by atoms with Gasteiger partial charge in [-0.15, -0.1) is 0 Å². The second kappa shape index (κ2) is 6.40. The third-order valence-corrected chi connectivity index (χ3v) is 4.66. The predicted octanol–water partition coefficient (Wildman–Crippen LogP) is 2.02. The molecule has 1 aromatic carbocycles. The maximum Gasteiger partial charge on any atom is 0.254 e. The average Bonchev–Trinajstić information content (AvgIpc) is 3.26. The normalized spacial score (nSPS) is 18.3. The van der Waals surface area contributed by atoms with Crippen LogP contribution in [0.15, 0.2) is 24.4 Å². The molecule has 0 saturated carbocycles. The summed E-state index contributed by atoms with van der Waals surface area (Å²) in [6.45, 7) is 4.75. The molecule has 0 N–H and O–H groups in total. The van der Waals surface area contributed by atoms with Gasteiger partial charge in [0.1, 0.15) is 0 Å². The van der Waals surface area contributed by atoms with Gasteiger partial charge in [-0.1, -0.05) is 0 Å². The van der Waals surface area contributed by atoms with Crippen LogP contribution in [0.5, 0.6) is 11.5 Å². The number of aryl methyl sites for hydroxylation is 1. The van der Waals surface area contributed by atoms with E-state index >= 15 is 0 Å². The van der Waals surface area contributed by atoms with Gasteiger partial charge in [0.25, 0.3) is 5.91 Å². The number of methoxy groups -OCH3 is 1. The second-order valence-corrected chi connectivity index (χ2v) is 6.30. The van der Waals surface area contributed by atoms with E-state index in [1.807, 2.05) is 15.8 Å². The highest BCUT2D eigenvalue weighted by molar-refractivity contribution is 5.95. The fourth-order valence-corrected chi connectivity index (χ4v) is 3.43. The Morgan fingerprint density at radius 3 is 3.00 bits per heavy atom. The van der Waals surface area contributed by atoms with Gasteiger partial charge in [0, 0.05) is 50.0 Å². The topological polar surface area (TPSA) is 65.8 Å². The van der Waals surface area contributed by atoms with Crippen LogP contribution >= 0.6 is 0 Å². The summed E-state index contributed by atoms with van der Waals surface area (Å²) < 4.78 is 18.0. The van der Waals surface area contributed by atoms with Crippen molar-refractivity contribution in [3.63, 3.8) is 0 Å². The van der Waals surface area contributed by atoms with Crippen molar-refractivity contribution in [2.24, 2.45) is 0 Å². The summed E-state index contributed by atoms with van der Waals surface area (Å²) in [5.41, 5.74) is 2.73. The molecule has 1 amide bonds. The van der Waals surface area contributed by atoms with Crippen molar-refractivity contribution in [3.05, 3.63) is 41.2 Å². The highest BCUT2D eigenvalue weighted by Crippen LogP contribution is 2.34. The summed E-state index contributed by atoms with van der Waals surface area (Å²) in [5.74, 6) is 1.36. The summed E-state index contributed by atoms with van der Waals surface area (Å²) in [6, 6.07) is 5.32. The number of rotatable bonds is 4. The number of carbonyl (C=O) groups is 1. The number of aromatic nitrogens is 2. The molecule has 4 rings (SSSR count). The Labute approximate surface area is 146 Å². The van der Waals surface area contributed by atoms with Crippen molar-refractivity contribution in [1.29, 1.82) is 0 Å². The largest absolute Gasteiger partial charge is 0.454 e. The zero-order valence-electron chi connectivity index (χ0n) is 14.4. The maximum atomic E-state index is 13.0. The Bertz CT molecular complexity index is 802. The number of hydrogen-bond donors (Lipinski definition) is 0. The molecule has 2 aliphatic rings. The lowest BCUT2D eigenvalue weighted by Crippen LogP contribution is -2.39. The number of nitrogens with zero attached hydrogens (tertiary/aromatic N) is 3. The molecule has 0 aliphatic carbocycles. The van der Waals surface area contributed by atoms with Crippen molar-refractivity contribution in [2.75, 3.05) is 27.1 Å². The van der Waals surface area contributed by atoms with Crippen molar-refractivity contribution in [1.82, 2.24) is 14.7 Å². The Kier molecular flexibility index (Phi) is 4.09. The van der Waals surface area contributed by atoms with Gasteiger partial charge in [0.05, 0.1) is 12.3 Å². The van der Waals surface area contributed by atoms with Crippen LogP contribution in [-0.2, 0) is 17.8 Å². The molecule has 0 unspecified atom stereocenters. The molecule has 0 spiro atoms. The third-order valence-electron chi connectivity index (χ3n) is 4.66. The Morgan fingerprint density at radius 1 is 1.36 bits per heavy atom. The Hall–Kier alpha value is -2.54. The summed E-state index contributed by atoms with van der Waals surface area (Å²) >= 11 is 0. The van der Waals surface area contributed by atoms with Crippen LogP contribution in [0, 0.1) is 0 Å². The lowest BCUT2D eigenvalue weighted by Gasteiger charge is -2.31. The minimum Gasteiger partial charge on any atom is -0.454 e. The van der Waals surface area contributed by atoms with E-state index in [2.05, 4.69) is 12.0 Å². The van der Waals surface area contributed by atoms with Crippen LogP contribution in [-0.4, -0.2) is 47.6 Å². The van der Waals surface area contributed by atoms with E-state index in [1.165, 1.54) is 0 Å². The molecule has 25 heavy (non-hydrogen) atoms. The van der Waals surface area contributed by atoms with Crippen molar-refractivity contribution < 1.29 is 19.0 Å². The van der Waals surface area contributed by atoms with Crippen LogP contribution in [0.4, 0.5) is 0 Å². The van der Waals surface area contributed by atoms with Gasteiger partial charge in [-0.3, -0.25) is 9.48 Å². The average molecular weight is 343 g/mol. The fraction of sp³-hybridized carbons (Fsp3) is 0.444.